The largest absolute Gasteiger partial charge is 0.335 e. The Morgan fingerprint density at radius 1 is 1.29 bits per heavy atom. The Labute approximate surface area is 103 Å². The van der Waals surface area contributed by atoms with E-state index in [4.69, 9.17) is 0 Å². The number of nitrogens with zero attached hydrogens (tertiary/aromatic N) is 2. The number of carbonyl (C=O) groups excluding carboxylic acids is 1. The Balaban J connectivity index is 1.95. The van der Waals surface area contributed by atoms with Gasteiger partial charge < -0.3 is 10.2 Å². The summed E-state index contributed by atoms with van der Waals surface area (Å²) < 4.78 is 5.38. The van der Waals surface area contributed by atoms with Crippen LogP contribution in [0.15, 0.2) is 24.3 Å². The zero-order valence-corrected chi connectivity index (χ0v) is 10.2. The smallest absolute Gasteiger partial charge is 0.274 e. The third-order valence-electron chi connectivity index (χ3n) is 2.98. The Kier molecular flexibility index (Phi) is 2.78. The molecule has 2 aromatic rings. The molecule has 3 rings (SSSR count). The van der Waals surface area contributed by atoms with Gasteiger partial charge in [-0.15, -0.1) is 0 Å². The van der Waals surface area contributed by atoms with E-state index in [1.165, 1.54) is 11.5 Å². The van der Waals surface area contributed by atoms with Crippen molar-refractivity contribution in [1.29, 1.82) is 0 Å². The summed E-state index contributed by atoms with van der Waals surface area (Å²) >= 11 is 1.39. The Hall–Kier alpha value is -1.46. The molecule has 4 nitrogen and oxygen atoms in total. The molecule has 0 aliphatic carbocycles. The van der Waals surface area contributed by atoms with Gasteiger partial charge in [0.1, 0.15) is 5.69 Å². The molecule has 88 valence electrons. The fraction of sp³-hybridized carbons (Fsp3) is 0.333. The second-order valence-electron chi connectivity index (χ2n) is 4.07. The van der Waals surface area contributed by atoms with E-state index in [2.05, 4.69) is 9.69 Å². The number of amides is 1. The van der Waals surface area contributed by atoms with Gasteiger partial charge in [0.2, 0.25) is 0 Å². The maximum absolute atomic E-state index is 12.3. The van der Waals surface area contributed by atoms with E-state index in [9.17, 15) is 4.79 Å². The van der Waals surface area contributed by atoms with E-state index in [0.29, 0.717) is 5.69 Å². The van der Waals surface area contributed by atoms with Gasteiger partial charge in [0.15, 0.2) is 0 Å². The third kappa shape index (κ3) is 1.92. The minimum atomic E-state index is 0.0592. The van der Waals surface area contributed by atoms with Gasteiger partial charge in [0.05, 0.1) is 4.70 Å². The summed E-state index contributed by atoms with van der Waals surface area (Å²) in [7, 11) is 0. The highest BCUT2D eigenvalue weighted by molar-refractivity contribution is 7.13. The van der Waals surface area contributed by atoms with Crippen LogP contribution in [-0.4, -0.2) is 41.4 Å². The van der Waals surface area contributed by atoms with Crippen LogP contribution in [0.25, 0.3) is 10.1 Å². The van der Waals surface area contributed by atoms with Crippen molar-refractivity contribution in [2.24, 2.45) is 0 Å². The summed E-state index contributed by atoms with van der Waals surface area (Å²) in [5.74, 6) is 0.0592. The predicted molar refractivity (Wildman–Crippen MR) is 68.4 cm³/mol. The fourth-order valence-electron chi connectivity index (χ4n) is 2.06. The monoisotopic (exact) mass is 247 g/mol. The number of carbonyl (C=O) groups is 1. The van der Waals surface area contributed by atoms with Crippen LogP contribution >= 0.6 is 11.5 Å². The first kappa shape index (κ1) is 10.7. The quantitative estimate of drug-likeness (QED) is 0.827. The summed E-state index contributed by atoms with van der Waals surface area (Å²) in [6.45, 7) is 3.27. The highest BCUT2D eigenvalue weighted by Gasteiger charge is 2.21. The van der Waals surface area contributed by atoms with Crippen molar-refractivity contribution in [1.82, 2.24) is 14.6 Å². The van der Waals surface area contributed by atoms with Gasteiger partial charge in [-0.05, 0) is 17.6 Å². The molecule has 0 bridgehead atoms. The highest BCUT2D eigenvalue weighted by Crippen LogP contribution is 2.23. The number of benzene rings is 1. The number of rotatable bonds is 1. The number of nitrogens with one attached hydrogen (secondary N) is 1. The average molecular weight is 247 g/mol. The molecular weight excluding hydrogens is 234 g/mol. The van der Waals surface area contributed by atoms with Crippen LogP contribution < -0.4 is 5.32 Å². The number of hydrogen-bond acceptors (Lipinski definition) is 4. The summed E-state index contributed by atoms with van der Waals surface area (Å²) in [6, 6.07) is 7.89. The molecule has 1 amide bonds. The maximum Gasteiger partial charge on any atom is 0.274 e. The van der Waals surface area contributed by atoms with Gasteiger partial charge in [-0.3, -0.25) is 4.79 Å². The van der Waals surface area contributed by atoms with Gasteiger partial charge in [0.25, 0.3) is 5.91 Å². The molecule has 0 radical (unpaired) electrons. The molecule has 1 aromatic carbocycles. The van der Waals surface area contributed by atoms with Crippen molar-refractivity contribution >= 4 is 27.5 Å². The first-order valence-electron chi connectivity index (χ1n) is 5.70. The molecule has 1 saturated heterocycles. The van der Waals surface area contributed by atoms with Crippen molar-refractivity contribution in [2.45, 2.75) is 0 Å². The van der Waals surface area contributed by atoms with E-state index in [1.54, 1.807) is 0 Å². The van der Waals surface area contributed by atoms with Crippen molar-refractivity contribution in [2.75, 3.05) is 26.2 Å². The lowest BCUT2D eigenvalue weighted by molar-refractivity contribution is 0.0733. The first-order valence-corrected chi connectivity index (χ1v) is 6.48. The van der Waals surface area contributed by atoms with Crippen LogP contribution in [0.4, 0.5) is 0 Å². The molecule has 0 spiro atoms. The molecule has 1 fully saturated rings. The van der Waals surface area contributed by atoms with Crippen LogP contribution in [0.1, 0.15) is 10.5 Å². The van der Waals surface area contributed by atoms with Crippen molar-refractivity contribution in [3.63, 3.8) is 0 Å². The molecule has 0 unspecified atom stereocenters. The lowest BCUT2D eigenvalue weighted by Gasteiger charge is -2.26. The molecule has 0 saturated carbocycles. The second kappa shape index (κ2) is 4.43. The van der Waals surface area contributed by atoms with Crippen LogP contribution in [0.5, 0.6) is 0 Å². The molecule has 1 aromatic heterocycles. The molecule has 1 aliphatic heterocycles. The predicted octanol–water partition coefficient (Wildman–Crippen LogP) is 1.34. The Morgan fingerprint density at radius 2 is 2.06 bits per heavy atom. The maximum atomic E-state index is 12.3. The molecule has 1 N–H and O–H groups in total. The SMILES string of the molecule is O=C(c1nsc2ccccc12)N1CCNCC1. The number of hydrogen-bond donors (Lipinski definition) is 1. The second-order valence-corrected chi connectivity index (χ2v) is 4.87. The van der Waals surface area contributed by atoms with Gasteiger partial charge >= 0.3 is 0 Å². The van der Waals surface area contributed by atoms with Gasteiger partial charge in [-0.2, -0.15) is 4.37 Å². The summed E-state index contributed by atoms with van der Waals surface area (Å²) in [4.78, 5) is 14.2. The first-order chi connectivity index (χ1) is 8.36. The minimum absolute atomic E-state index is 0.0592. The Bertz CT molecular complexity index is 545. The topological polar surface area (TPSA) is 45.2 Å². The molecule has 1 aliphatic rings. The van der Waals surface area contributed by atoms with E-state index in [1.807, 2.05) is 29.2 Å². The normalized spacial score (nSPS) is 16.4. The van der Waals surface area contributed by atoms with Crippen molar-refractivity contribution < 1.29 is 4.79 Å². The van der Waals surface area contributed by atoms with Crippen LogP contribution in [0, 0.1) is 0 Å². The van der Waals surface area contributed by atoms with E-state index < -0.39 is 0 Å². The van der Waals surface area contributed by atoms with Crippen LogP contribution in [-0.2, 0) is 0 Å². The van der Waals surface area contributed by atoms with E-state index in [0.717, 1.165) is 36.3 Å². The fourth-order valence-corrected chi connectivity index (χ4v) is 2.83. The number of piperazine rings is 1. The lowest BCUT2D eigenvalue weighted by atomic mass is 10.2. The molecular formula is C12H13N3OS. The number of aromatic nitrogens is 1. The molecule has 0 atom stereocenters. The standard InChI is InChI=1S/C12H13N3OS/c16-12(15-7-5-13-6-8-15)11-9-3-1-2-4-10(9)17-14-11/h1-4,13H,5-8H2. The Morgan fingerprint density at radius 3 is 2.88 bits per heavy atom. The number of fused-ring (bicyclic) bond motifs is 1. The van der Waals surface area contributed by atoms with Gasteiger partial charge in [-0.1, -0.05) is 18.2 Å². The summed E-state index contributed by atoms with van der Waals surface area (Å²) in [5, 5.41) is 4.21. The summed E-state index contributed by atoms with van der Waals surface area (Å²) in [5.41, 5.74) is 0.604. The molecule has 2 heterocycles. The molecule has 17 heavy (non-hydrogen) atoms. The highest BCUT2D eigenvalue weighted by atomic mass is 32.1. The zero-order valence-electron chi connectivity index (χ0n) is 9.35. The van der Waals surface area contributed by atoms with E-state index in [-0.39, 0.29) is 5.91 Å². The molecule has 5 heteroatoms. The van der Waals surface area contributed by atoms with Crippen LogP contribution in [0.2, 0.25) is 0 Å². The summed E-state index contributed by atoms with van der Waals surface area (Å²) in [6.07, 6.45) is 0. The van der Waals surface area contributed by atoms with Crippen molar-refractivity contribution in [3.05, 3.63) is 30.0 Å². The third-order valence-corrected chi connectivity index (χ3v) is 3.81. The van der Waals surface area contributed by atoms with Crippen molar-refractivity contribution in [3.8, 4) is 0 Å². The zero-order chi connectivity index (χ0) is 11.7. The average Bonchev–Trinajstić information content (AvgIpc) is 2.83. The van der Waals surface area contributed by atoms with E-state index >= 15 is 0 Å². The van der Waals surface area contributed by atoms with Crippen LogP contribution in [0.3, 0.4) is 0 Å². The van der Waals surface area contributed by atoms with Gasteiger partial charge in [0, 0.05) is 31.6 Å². The minimum Gasteiger partial charge on any atom is -0.335 e. The van der Waals surface area contributed by atoms with Gasteiger partial charge in [-0.25, -0.2) is 0 Å². The lowest BCUT2D eigenvalue weighted by Crippen LogP contribution is -2.46.